The van der Waals surface area contributed by atoms with Gasteiger partial charge in [0, 0.05) is 5.56 Å². The van der Waals surface area contributed by atoms with E-state index in [2.05, 4.69) is 15.9 Å². The predicted molar refractivity (Wildman–Crippen MR) is 56.2 cm³/mol. The van der Waals surface area contributed by atoms with E-state index in [9.17, 15) is 4.79 Å². The van der Waals surface area contributed by atoms with E-state index in [-0.39, 0.29) is 6.54 Å². The number of nitrogens with zero attached hydrogens (tertiary/aromatic N) is 2. The fourth-order valence-corrected chi connectivity index (χ4v) is 2.39. The summed E-state index contributed by atoms with van der Waals surface area (Å²) in [6.07, 6.45) is -1.11. The van der Waals surface area contributed by atoms with Gasteiger partial charge in [0.1, 0.15) is 6.07 Å². The summed E-state index contributed by atoms with van der Waals surface area (Å²) in [6, 6.07) is 9.19. The van der Waals surface area contributed by atoms with Crippen LogP contribution in [0.1, 0.15) is 11.1 Å². The Labute approximate surface area is 94.9 Å². The van der Waals surface area contributed by atoms with E-state index in [4.69, 9.17) is 10.4 Å². The Bertz CT molecular complexity index is 469. The van der Waals surface area contributed by atoms with Crippen LogP contribution in [0.5, 0.6) is 0 Å². The second kappa shape index (κ2) is 3.24. The van der Waals surface area contributed by atoms with Crippen LogP contribution in [0.15, 0.2) is 24.3 Å². The van der Waals surface area contributed by atoms with Gasteiger partial charge >= 0.3 is 6.09 Å². The van der Waals surface area contributed by atoms with Gasteiger partial charge in [0.2, 0.25) is 4.45 Å². The first-order chi connectivity index (χ1) is 7.09. The number of rotatable bonds is 0. The number of amides is 1. The van der Waals surface area contributed by atoms with Gasteiger partial charge in [0.05, 0.1) is 6.54 Å². The molecule has 0 fully saturated rings. The molecule has 1 atom stereocenters. The van der Waals surface area contributed by atoms with Gasteiger partial charge in [-0.25, -0.2) is 4.79 Å². The summed E-state index contributed by atoms with van der Waals surface area (Å²) in [5, 5.41) is 18.1. The highest BCUT2D eigenvalue weighted by Gasteiger charge is 2.46. The standard InChI is InChI=1S/C10H7BrN2O2/c11-10(6-12)8-4-2-1-3-7(8)5-13(10)9(14)15/h1-4H,5H2,(H,14,15). The number of fused-ring (bicyclic) bond motifs is 1. The summed E-state index contributed by atoms with van der Waals surface area (Å²) in [4.78, 5) is 12.1. The van der Waals surface area contributed by atoms with E-state index >= 15 is 0 Å². The van der Waals surface area contributed by atoms with E-state index in [0.29, 0.717) is 5.56 Å². The van der Waals surface area contributed by atoms with Crippen molar-refractivity contribution in [2.45, 2.75) is 11.0 Å². The first-order valence-electron chi connectivity index (χ1n) is 4.28. The van der Waals surface area contributed by atoms with Crippen molar-refractivity contribution in [1.82, 2.24) is 4.90 Å². The molecule has 1 aliphatic rings. The molecule has 0 saturated heterocycles. The second-order valence-electron chi connectivity index (χ2n) is 3.26. The van der Waals surface area contributed by atoms with E-state index in [0.717, 1.165) is 10.5 Å². The van der Waals surface area contributed by atoms with Gasteiger partial charge in [0.25, 0.3) is 0 Å². The zero-order valence-corrected chi connectivity index (χ0v) is 9.23. The average molecular weight is 267 g/mol. The molecular weight excluding hydrogens is 260 g/mol. The van der Waals surface area contributed by atoms with Gasteiger partial charge in [-0.3, -0.25) is 4.90 Å². The molecule has 76 valence electrons. The number of benzene rings is 1. The van der Waals surface area contributed by atoms with Gasteiger partial charge in [-0.15, -0.1) is 0 Å². The van der Waals surface area contributed by atoms with E-state index in [1.165, 1.54) is 0 Å². The monoisotopic (exact) mass is 266 g/mol. The highest BCUT2D eigenvalue weighted by atomic mass is 79.9. The van der Waals surface area contributed by atoms with Crippen molar-refractivity contribution in [1.29, 1.82) is 5.26 Å². The Hall–Kier alpha value is -1.54. The Morgan fingerprint density at radius 2 is 2.27 bits per heavy atom. The van der Waals surface area contributed by atoms with Gasteiger partial charge in [0.15, 0.2) is 0 Å². The fourth-order valence-electron chi connectivity index (χ4n) is 1.73. The van der Waals surface area contributed by atoms with Crippen molar-refractivity contribution in [2.75, 3.05) is 0 Å². The van der Waals surface area contributed by atoms with Crippen LogP contribution in [0.2, 0.25) is 0 Å². The maximum Gasteiger partial charge on any atom is 0.409 e. The van der Waals surface area contributed by atoms with Gasteiger partial charge in [-0.05, 0) is 21.5 Å². The molecule has 1 N–H and O–H groups in total. The molecule has 0 bridgehead atoms. The minimum atomic E-state index is -1.24. The van der Waals surface area contributed by atoms with Crippen LogP contribution in [-0.2, 0) is 11.0 Å². The maximum absolute atomic E-state index is 11.0. The lowest BCUT2D eigenvalue weighted by Crippen LogP contribution is -2.38. The first-order valence-corrected chi connectivity index (χ1v) is 5.08. The summed E-state index contributed by atoms with van der Waals surface area (Å²) in [5.41, 5.74) is 1.56. The van der Waals surface area contributed by atoms with Crippen molar-refractivity contribution >= 4 is 22.0 Å². The molecular formula is C10H7BrN2O2. The van der Waals surface area contributed by atoms with E-state index < -0.39 is 10.5 Å². The fraction of sp³-hybridized carbons (Fsp3) is 0.200. The highest BCUT2D eigenvalue weighted by Crippen LogP contribution is 2.43. The van der Waals surface area contributed by atoms with Crippen molar-refractivity contribution in [3.63, 3.8) is 0 Å². The normalized spacial score (nSPS) is 23.3. The zero-order chi connectivity index (χ0) is 11.1. The molecule has 1 unspecified atom stereocenters. The molecule has 0 spiro atoms. The lowest BCUT2D eigenvalue weighted by Gasteiger charge is -2.24. The molecule has 2 rings (SSSR count). The number of carboxylic acid groups (broad SMARTS) is 1. The molecule has 1 aromatic carbocycles. The number of carbonyl (C=O) groups is 1. The Morgan fingerprint density at radius 3 is 2.87 bits per heavy atom. The third-order valence-corrected chi connectivity index (χ3v) is 3.49. The largest absolute Gasteiger partial charge is 0.465 e. The van der Waals surface area contributed by atoms with Crippen molar-refractivity contribution in [3.8, 4) is 6.07 Å². The van der Waals surface area contributed by atoms with Crippen LogP contribution in [0.3, 0.4) is 0 Å². The summed E-state index contributed by atoms with van der Waals surface area (Å²) in [7, 11) is 0. The minimum absolute atomic E-state index is 0.240. The maximum atomic E-state index is 11.0. The summed E-state index contributed by atoms with van der Waals surface area (Å²) >= 11 is 3.19. The molecule has 0 aliphatic carbocycles. The highest BCUT2D eigenvalue weighted by molar-refractivity contribution is 9.09. The first kappa shape index (κ1) is 9.99. The predicted octanol–water partition coefficient (Wildman–Crippen LogP) is 2.25. The topological polar surface area (TPSA) is 64.3 Å². The quantitative estimate of drug-likeness (QED) is 0.579. The van der Waals surface area contributed by atoms with Crippen LogP contribution >= 0.6 is 15.9 Å². The van der Waals surface area contributed by atoms with Gasteiger partial charge in [-0.2, -0.15) is 5.26 Å². The molecule has 0 radical (unpaired) electrons. The molecule has 15 heavy (non-hydrogen) atoms. The van der Waals surface area contributed by atoms with Crippen LogP contribution in [0.4, 0.5) is 4.79 Å². The number of nitriles is 1. The molecule has 1 aliphatic heterocycles. The van der Waals surface area contributed by atoms with Crippen LogP contribution < -0.4 is 0 Å². The minimum Gasteiger partial charge on any atom is -0.465 e. The lowest BCUT2D eigenvalue weighted by atomic mass is 10.1. The summed E-state index contributed by atoms with van der Waals surface area (Å²) < 4.78 is -1.24. The number of halogens is 1. The Balaban J connectivity index is 2.58. The van der Waals surface area contributed by atoms with Crippen molar-refractivity contribution < 1.29 is 9.90 Å². The van der Waals surface area contributed by atoms with E-state index in [1.54, 1.807) is 12.1 Å². The van der Waals surface area contributed by atoms with Crippen LogP contribution in [-0.4, -0.2) is 16.1 Å². The van der Waals surface area contributed by atoms with Crippen molar-refractivity contribution in [3.05, 3.63) is 35.4 Å². The molecule has 0 saturated carbocycles. The van der Waals surface area contributed by atoms with Crippen LogP contribution in [0, 0.1) is 11.3 Å². The molecule has 0 aromatic heterocycles. The average Bonchev–Trinajstić information content (AvgIpc) is 2.54. The zero-order valence-electron chi connectivity index (χ0n) is 7.64. The lowest BCUT2D eigenvalue weighted by molar-refractivity contribution is 0.133. The van der Waals surface area contributed by atoms with E-state index in [1.807, 2.05) is 18.2 Å². The molecule has 1 amide bonds. The third kappa shape index (κ3) is 1.29. The number of alkyl halides is 1. The molecule has 1 heterocycles. The summed E-state index contributed by atoms with van der Waals surface area (Å²) in [6.45, 7) is 0.240. The number of hydrogen-bond donors (Lipinski definition) is 1. The second-order valence-corrected chi connectivity index (χ2v) is 4.41. The van der Waals surface area contributed by atoms with Crippen LogP contribution in [0.25, 0.3) is 0 Å². The summed E-state index contributed by atoms with van der Waals surface area (Å²) in [5.74, 6) is 0. The SMILES string of the molecule is N#CC1(Br)c2ccccc2CN1C(=O)O. The van der Waals surface area contributed by atoms with Gasteiger partial charge < -0.3 is 5.11 Å². The third-order valence-electron chi connectivity index (χ3n) is 2.45. The molecule has 1 aromatic rings. The molecule has 4 nitrogen and oxygen atoms in total. The Kier molecular flexibility index (Phi) is 2.16. The smallest absolute Gasteiger partial charge is 0.409 e. The van der Waals surface area contributed by atoms with Crippen molar-refractivity contribution in [2.24, 2.45) is 0 Å². The Morgan fingerprint density at radius 1 is 1.60 bits per heavy atom. The number of hydrogen-bond acceptors (Lipinski definition) is 2. The van der Waals surface area contributed by atoms with Gasteiger partial charge in [-0.1, -0.05) is 24.3 Å². The molecule has 5 heteroatoms.